The molecular formula is C14H13N3O3S. The molecule has 0 fully saturated rings. The van der Waals surface area contributed by atoms with Crippen LogP contribution in [0.2, 0.25) is 0 Å². The van der Waals surface area contributed by atoms with Crippen molar-refractivity contribution in [2.45, 2.75) is 6.92 Å². The van der Waals surface area contributed by atoms with Gasteiger partial charge in [0.1, 0.15) is 10.4 Å². The molecule has 3 rings (SSSR count). The van der Waals surface area contributed by atoms with Gasteiger partial charge in [0, 0.05) is 12.3 Å². The average Bonchev–Trinajstić information content (AvgIpc) is 3.07. The summed E-state index contributed by atoms with van der Waals surface area (Å²) in [5.41, 5.74) is 1.25. The van der Waals surface area contributed by atoms with Gasteiger partial charge in [-0.25, -0.2) is 14.3 Å². The van der Waals surface area contributed by atoms with Crippen LogP contribution in [0, 0.1) is 0 Å². The maximum Gasteiger partial charge on any atom is 0.342 e. The molecule has 0 unspecified atom stereocenters. The molecule has 0 aliphatic heterocycles. The smallest absolute Gasteiger partial charge is 0.342 e. The van der Waals surface area contributed by atoms with Crippen molar-refractivity contribution in [3.63, 3.8) is 0 Å². The van der Waals surface area contributed by atoms with E-state index in [-0.39, 0.29) is 5.97 Å². The molecule has 0 amide bonds. The highest BCUT2D eigenvalue weighted by Gasteiger charge is 2.17. The summed E-state index contributed by atoms with van der Waals surface area (Å²) in [6.45, 7) is 2.12. The van der Waals surface area contributed by atoms with Crippen molar-refractivity contribution in [3.05, 3.63) is 36.2 Å². The van der Waals surface area contributed by atoms with E-state index in [1.54, 1.807) is 24.6 Å². The maximum atomic E-state index is 11.9. The summed E-state index contributed by atoms with van der Waals surface area (Å²) in [6, 6.07) is 5.54. The molecule has 0 aromatic carbocycles. The Labute approximate surface area is 125 Å². The van der Waals surface area contributed by atoms with Gasteiger partial charge in [0.25, 0.3) is 0 Å². The molecule has 0 aliphatic carbocycles. The minimum Gasteiger partial charge on any atom is -0.481 e. The molecule has 3 aromatic rings. The van der Waals surface area contributed by atoms with Crippen LogP contribution in [0.5, 0.6) is 5.88 Å². The Hall–Kier alpha value is -2.41. The Morgan fingerprint density at radius 1 is 1.43 bits per heavy atom. The van der Waals surface area contributed by atoms with Crippen LogP contribution >= 0.6 is 11.3 Å². The minimum absolute atomic E-state index is 0.339. The zero-order valence-electron chi connectivity index (χ0n) is 11.6. The second-order valence-electron chi connectivity index (χ2n) is 4.19. The van der Waals surface area contributed by atoms with Gasteiger partial charge in [-0.2, -0.15) is 5.10 Å². The van der Waals surface area contributed by atoms with E-state index < -0.39 is 0 Å². The minimum atomic E-state index is -0.362. The first-order valence-corrected chi connectivity index (χ1v) is 7.20. The van der Waals surface area contributed by atoms with E-state index in [9.17, 15) is 4.79 Å². The highest BCUT2D eigenvalue weighted by atomic mass is 32.1. The number of carbonyl (C=O) groups excluding carboxylic acids is 1. The number of pyridine rings is 1. The van der Waals surface area contributed by atoms with E-state index in [0.29, 0.717) is 18.1 Å². The topological polar surface area (TPSA) is 65.7 Å². The van der Waals surface area contributed by atoms with E-state index in [1.165, 1.54) is 17.5 Å². The van der Waals surface area contributed by atoms with Gasteiger partial charge in [-0.3, -0.25) is 0 Å². The molecule has 0 N–H and O–H groups in total. The second-order valence-corrected chi connectivity index (χ2v) is 5.22. The van der Waals surface area contributed by atoms with Crippen LogP contribution in [-0.2, 0) is 4.74 Å². The third-order valence-electron chi connectivity index (χ3n) is 2.88. The summed E-state index contributed by atoms with van der Waals surface area (Å²) in [6.07, 6.45) is 3.36. The van der Waals surface area contributed by atoms with Crippen molar-refractivity contribution in [2.75, 3.05) is 13.7 Å². The van der Waals surface area contributed by atoms with Gasteiger partial charge in [0.05, 0.1) is 30.5 Å². The lowest BCUT2D eigenvalue weighted by Crippen LogP contribution is -2.03. The summed E-state index contributed by atoms with van der Waals surface area (Å²) in [4.78, 5) is 17.9. The first kappa shape index (κ1) is 13.6. The molecule has 0 bridgehead atoms. The van der Waals surface area contributed by atoms with Crippen LogP contribution in [0.4, 0.5) is 0 Å². The third-order valence-corrected chi connectivity index (χ3v) is 4.01. The molecule has 3 heterocycles. The quantitative estimate of drug-likeness (QED) is 0.693. The summed E-state index contributed by atoms with van der Waals surface area (Å²) in [5, 5.41) is 4.18. The standard InChI is InChI=1S/C14H13N3O3S/c1-3-20-14(18)9-7-15-17-8-11(21-13(9)17)10-5-4-6-12(16-10)19-2/h4-8H,3H2,1-2H3. The van der Waals surface area contributed by atoms with Gasteiger partial charge in [0.2, 0.25) is 5.88 Å². The molecule has 3 aromatic heterocycles. The first-order valence-electron chi connectivity index (χ1n) is 6.38. The maximum absolute atomic E-state index is 11.9. The highest BCUT2D eigenvalue weighted by molar-refractivity contribution is 7.21. The number of nitrogens with zero attached hydrogens (tertiary/aromatic N) is 3. The van der Waals surface area contributed by atoms with Gasteiger partial charge in [-0.05, 0) is 13.0 Å². The fourth-order valence-corrected chi connectivity index (χ4v) is 2.94. The molecule has 108 valence electrons. The summed E-state index contributed by atoms with van der Waals surface area (Å²) >= 11 is 1.44. The normalized spacial score (nSPS) is 10.8. The number of hydrogen-bond donors (Lipinski definition) is 0. The Morgan fingerprint density at radius 2 is 2.29 bits per heavy atom. The van der Waals surface area contributed by atoms with E-state index in [1.807, 2.05) is 18.3 Å². The van der Waals surface area contributed by atoms with Crippen molar-refractivity contribution < 1.29 is 14.3 Å². The van der Waals surface area contributed by atoms with E-state index in [4.69, 9.17) is 9.47 Å². The number of carbonyl (C=O) groups is 1. The number of fused-ring (bicyclic) bond motifs is 1. The first-order chi connectivity index (χ1) is 10.2. The van der Waals surface area contributed by atoms with E-state index in [2.05, 4.69) is 10.1 Å². The number of rotatable bonds is 4. The predicted molar refractivity (Wildman–Crippen MR) is 78.8 cm³/mol. The lowest BCUT2D eigenvalue weighted by molar-refractivity contribution is 0.0529. The number of aromatic nitrogens is 3. The van der Waals surface area contributed by atoms with Crippen LogP contribution in [-0.4, -0.2) is 34.3 Å². The lowest BCUT2D eigenvalue weighted by atomic mass is 10.3. The molecule has 0 radical (unpaired) electrons. The van der Waals surface area contributed by atoms with Crippen molar-refractivity contribution >= 4 is 22.1 Å². The largest absolute Gasteiger partial charge is 0.481 e. The number of esters is 1. The Kier molecular flexibility index (Phi) is 3.57. The molecule has 6 nitrogen and oxygen atoms in total. The lowest BCUT2D eigenvalue weighted by Gasteiger charge is -2.00. The molecular weight excluding hydrogens is 290 g/mol. The van der Waals surface area contributed by atoms with Gasteiger partial charge in [-0.15, -0.1) is 11.3 Å². The molecule has 0 saturated heterocycles. The second kappa shape index (κ2) is 5.53. The van der Waals surface area contributed by atoms with Gasteiger partial charge in [-0.1, -0.05) is 6.07 Å². The molecule has 7 heteroatoms. The zero-order valence-corrected chi connectivity index (χ0v) is 12.4. The third kappa shape index (κ3) is 2.47. The van der Waals surface area contributed by atoms with Gasteiger partial charge >= 0.3 is 5.97 Å². The number of hydrogen-bond acceptors (Lipinski definition) is 6. The fraction of sp³-hybridized carbons (Fsp3) is 0.214. The summed E-state index contributed by atoms with van der Waals surface area (Å²) < 4.78 is 11.8. The van der Waals surface area contributed by atoms with Crippen molar-refractivity contribution in [2.24, 2.45) is 0 Å². The van der Waals surface area contributed by atoms with Gasteiger partial charge < -0.3 is 9.47 Å². The number of methoxy groups -OCH3 is 1. The Bertz CT molecular complexity index is 794. The Morgan fingerprint density at radius 3 is 3.05 bits per heavy atom. The molecule has 0 atom stereocenters. The molecule has 0 spiro atoms. The number of thiazole rings is 1. The summed E-state index contributed by atoms with van der Waals surface area (Å²) in [5.74, 6) is 0.184. The van der Waals surface area contributed by atoms with Crippen molar-refractivity contribution in [3.8, 4) is 16.5 Å². The predicted octanol–water partition coefficient (Wildman–Crippen LogP) is 2.64. The Balaban J connectivity index is 2.03. The molecule has 0 saturated carbocycles. The summed E-state index contributed by atoms with van der Waals surface area (Å²) in [7, 11) is 1.58. The van der Waals surface area contributed by atoms with E-state index in [0.717, 1.165) is 15.4 Å². The fourth-order valence-electron chi connectivity index (χ4n) is 1.92. The van der Waals surface area contributed by atoms with E-state index >= 15 is 0 Å². The average molecular weight is 303 g/mol. The molecule has 21 heavy (non-hydrogen) atoms. The molecule has 0 aliphatic rings. The van der Waals surface area contributed by atoms with Crippen LogP contribution in [0.15, 0.2) is 30.6 Å². The van der Waals surface area contributed by atoms with Gasteiger partial charge in [0.15, 0.2) is 0 Å². The van der Waals surface area contributed by atoms with Crippen molar-refractivity contribution in [1.29, 1.82) is 0 Å². The van der Waals surface area contributed by atoms with Crippen LogP contribution in [0.1, 0.15) is 17.3 Å². The van der Waals surface area contributed by atoms with Crippen LogP contribution < -0.4 is 4.74 Å². The zero-order chi connectivity index (χ0) is 14.8. The SMILES string of the molecule is CCOC(=O)c1cnn2cc(-c3cccc(OC)n3)sc12. The van der Waals surface area contributed by atoms with Crippen LogP contribution in [0.3, 0.4) is 0 Å². The highest BCUT2D eigenvalue weighted by Crippen LogP contribution is 2.30. The van der Waals surface area contributed by atoms with Crippen molar-refractivity contribution in [1.82, 2.24) is 14.6 Å². The van der Waals surface area contributed by atoms with Crippen LogP contribution in [0.25, 0.3) is 15.4 Å². The number of ether oxygens (including phenoxy) is 2. The monoisotopic (exact) mass is 303 g/mol.